The molecule has 1 fully saturated rings. The maximum atomic E-state index is 13.7. The van der Waals surface area contributed by atoms with Crippen LogP contribution in [0.25, 0.3) is 11.3 Å². The number of halogens is 1. The second-order valence-corrected chi connectivity index (χ2v) is 5.69. The number of hydrogen-bond donors (Lipinski definition) is 2. The fourth-order valence-electron chi connectivity index (χ4n) is 2.70. The Hall–Kier alpha value is -2.21. The van der Waals surface area contributed by atoms with Crippen molar-refractivity contribution in [1.82, 2.24) is 15.6 Å². The molecule has 0 spiro atoms. The number of nitrogens with one attached hydrogen (secondary N) is 2. The summed E-state index contributed by atoms with van der Waals surface area (Å²) in [5.74, 6) is 0.488. The van der Waals surface area contributed by atoms with Crippen molar-refractivity contribution in [3.63, 3.8) is 0 Å². The normalized spacial score (nSPS) is 15.5. The molecular weight excluding hydrogens is 297 g/mol. The van der Waals surface area contributed by atoms with Crippen molar-refractivity contribution in [1.29, 1.82) is 0 Å². The molecule has 3 rings (SSSR count). The van der Waals surface area contributed by atoms with E-state index in [1.165, 1.54) is 12.3 Å². The third kappa shape index (κ3) is 4.16. The Morgan fingerprint density at radius 1 is 1.35 bits per heavy atom. The van der Waals surface area contributed by atoms with Crippen LogP contribution in [0.4, 0.5) is 4.39 Å². The third-order valence-corrected chi connectivity index (χ3v) is 3.96. The summed E-state index contributed by atoms with van der Waals surface area (Å²) in [4.78, 5) is 16.1. The Balaban J connectivity index is 1.53. The van der Waals surface area contributed by atoms with Crippen LogP contribution in [-0.2, 0) is 11.2 Å². The second-order valence-electron chi connectivity index (χ2n) is 5.69. The number of piperidine rings is 1. The molecule has 0 radical (unpaired) electrons. The summed E-state index contributed by atoms with van der Waals surface area (Å²) in [6.07, 6.45) is 4.15. The van der Waals surface area contributed by atoms with Gasteiger partial charge >= 0.3 is 0 Å². The molecule has 1 aromatic carbocycles. The predicted octanol–water partition coefficient (Wildman–Crippen LogP) is 2.28. The molecule has 0 bridgehead atoms. The monoisotopic (exact) mass is 317 g/mol. The average molecular weight is 317 g/mol. The molecule has 6 heteroatoms. The predicted molar refractivity (Wildman–Crippen MR) is 84.3 cm³/mol. The van der Waals surface area contributed by atoms with Crippen molar-refractivity contribution in [3.05, 3.63) is 42.2 Å². The van der Waals surface area contributed by atoms with Crippen molar-refractivity contribution >= 4 is 5.91 Å². The highest BCUT2D eigenvalue weighted by atomic mass is 19.1. The maximum Gasteiger partial charge on any atom is 0.220 e. The van der Waals surface area contributed by atoms with Crippen molar-refractivity contribution < 1.29 is 13.6 Å². The second kappa shape index (κ2) is 7.37. The lowest BCUT2D eigenvalue weighted by molar-refractivity contribution is -0.122. The number of oxazole rings is 1. The zero-order valence-corrected chi connectivity index (χ0v) is 12.8. The number of carbonyl (C=O) groups excluding carboxylic acids is 1. The Labute approximate surface area is 134 Å². The fraction of sp³-hybridized carbons (Fsp3) is 0.412. The molecule has 2 heterocycles. The highest BCUT2D eigenvalue weighted by Crippen LogP contribution is 2.23. The third-order valence-electron chi connectivity index (χ3n) is 3.96. The van der Waals surface area contributed by atoms with Gasteiger partial charge in [0.1, 0.15) is 5.82 Å². The van der Waals surface area contributed by atoms with Gasteiger partial charge in [-0.3, -0.25) is 4.79 Å². The summed E-state index contributed by atoms with van der Waals surface area (Å²) < 4.78 is 19.3. The van der Waals surface area contributed by atoms with Crippen LogP contribution in [-0.4, -0.2) is 30.0 Å². The molecule has 2 aromatic rings. The van der Waals surface area contributed by atoms with Gasteiger partial charge in [-0.25, -0.2) is 9.37 Å². The number of nitrogens with zero attached hydrogens (tertiary/aromatic N) is 1. The number of hydrogen-bond acceptors (Lipinski definition) is 4. The van der Waals surface area contributed by atoms with E-state index in [1.54, 1.807) is 18.2 Å². The lowest BCUT2D eigenvalue weighted by atomic mass is 10.1. The molecule has 1 aromatic heterocycles. The minimum absolute atomic E-state index is 0.00235. The van der Waals surface area contributed by atoms with E-state index in [0.29, 0.717) is 30.1 Å². The van der Waals surface area contributed by atoms with Gasteiger partial charge in [-0.1, -0.05) is 12.1 Å². The maximum absolute atomic E-state index is 13.7. The number of carbonyl (C=O) groups is 1. The van der Waals surface area contributed by atoms with Crippen molar-refractivity contribution in [2.75, 3.05) is 13.1 Å². The molecule has 122 valence electrons. The summed E-state index contributed by atoms with van der Waals surface area (Å²) in [5.41, 5.74) is 0.380. The van der Waals surface area contributed by atoms with Gasteiger partial charge < -0.3 is 15.1 Å². The van der Waals surface area contributed by atoms with E-state index >= 15 is 0 Å². The van der Waals surface area contributed by atoms with Gasteiger partial charge in [-0.15, -0.1) is 0 Å². The fourth-order valence-corrected chi connectivity index (χ4v) is 2.70. The molecule has 1 aliphatic heterocycles. The van der Waals surface area contributed by atoms with E-state index < -0.39 is 0 Å². The Kier molecular flexibility index (Phi) is 5.02. The largest absolute Gasteiger partial charge is 0.441 e. The molecule has 5 nitrogen and oxygen atoms in total. The summed E-state index contributed by atoms with van der Waals surface area (Å²) >= 11 is 0. The average Bonchev–Trinajstić information content (AvgIpc) is 3.03. The lowest BCUT2D eigenvalue weighted by Crippen LogP contribution is -2.42. The highest BCUT2D eigenvalue weighted by Gasteiger charge is 2.16. The zero-order valence-electron chi connectivity index (χ0n) is 12.8. The number of amides is 1. The molecule has 0 aliphatic carbocycles. The van der Waals surface area contributed by atoms with Crippen LogP contribution in [0.15, 0.2) is 34.9 Å². The van der Waals surface area contributed by atoms with E-state index in [2.05, 4.69) is 15.6 Å². The SMILES string of the molecule is O=C(CCc1ncc(-c2ccccc2F)o1)NC1CCNCC1. The molecule has 1 saturated heterocycles. The van der Waals surface area contributed by atoms with Gasteiger partial charge in [0.05, 0.1) is 11.8 Å². The van der Waals surface area contributed by atoms with Crippen LogP contribution in [0.2, 0.25) is 0 Å². The minimum atomic E-state index is -0.348. The minimum Gasteiger partial charge on any atom is -0.441 e. The lowest BCUT2D eigenvalue weighted by Gasteiger charge is -2.23. The molecule has 1 aliphatic rings. The van der Waals surface area contributed by atoms with Crippen LogP contribution >= 0.6 is 0 Å². The Morgan fingerprint density at radius 3 is 2.91 bits per heavy atom. The molecule has 23 heavy (non-hydrogen) atoms. The number of aromatic nitrogens is 1. The molecule has 0 saturated carbocycles. The first-order valence-corrected chi connectivity index (χ1v) is 7.92. The van der Waals surface area contributed by atoms with Crippen molar-refractivity contribution in [2.45, 2.75) is 31.7 Å². The van der Waals surface area contributed by atoms with E-state index in [9.17, 15) is 9.18 Å². The number of benzene rings is 1. The first kappa shape index (κ1) is 15.7. The van der Waals surface area contributed by atoms with Gasteiger partial charge in [0.15, 0.2) is 11.7 Å². The molecule has 0 unspecified atom stereocenters. The van der Waals surface area contributed by atoms with Crippen LogP contribution in [0.1, 0.15) is 25.2 Å². The first-order valence-electron chi connectivity index (χ1n) is 7.92. The zero-order chi connectivity index (χ0) is 16.1. The van der Waals surface area contributed by atoms with E-state index in [4.69, 9.17) is 4.42 Å². The standard InChI is InChI=1S/C17H20FN3O2/c18-14-4-2-1-3-13(14)15-11-20-17(23-15)6-5-16(22)21-12-7-9-19-10-8-12/h1-4,11-12,19H,5-10H2,(H,21,22). The van der Waals surface area contributed by atoms with Crippen molar-refractivity contribution in [2.24, 2.45) is 0 Å². The molecule has 1 amide bonds. The smallest absolute Gasteiger partial charge is 0.220 e. The van der Waals surface area contributed by atoms with Gasteiger partial charge in [-0.2, -0.15) is 0 Å². The van der Waals surface area contributed by atoms with Crippen LogP contribution in [0, 0.1) is 5.82 Å². The van der Waals surface area contributed by atoms with Crippen LogP contribution < -0.4 is 10.6 Å². The quantitative estimate of drug-likeness (QED) is 0.888. The van der Waals surface area contributed by atoms with Gasteiger partial charge in [0.2, 0.25) is 5.91 Å². The van der Waals surface area contributed by atoms with Gasteiger partial charge in [0.25, 0.3) is 0 Å². The summed E-state index contributed by atoms with van der Waals surface area (Å²) in [5, 5.41) is 6.29. The first-order chi connectivity index (χ1) is 11.2. The molecule has 2 N–H and O–H groups in total. The van der Waals surface area contributed by atoms with E-state index in [-0.39, 0.29) is 17.8 Å². The Bertz CT molecular complexity index is 665. The topological polar surface area (TPSA) is 67.2 Å². The Morgan fingerprint density at radius 2 is 2.13 bits per heavy atom. The summed E-state index contributed by atoms with van der Waals surface area (Å²) in [6.45, 7) is 1.88. The van der Waals surface area contributed by atoms with Crippen LogP contribution in [0.5, 0.6) is 0 Å². The summed E-state index contributed by atoms with van der Waals surface area (Å²) in [6, 6.07) is 6.64. The van der Waals surface area contributed by atoms with Gasteiger partial charge in [0, 0.05) is 18.9 Å². The molecular formula is C17H20FN3O2. The number of aryl methyl sites for hydroxylation is 1. The van der Waals surface area contributed by atoms with Gasteiger partial charge in [-0.05, 0) is 38.1 Å². The van der Waals surface area contributed by atoms with E-state index in [1.807, 2.05) is 0 Å². The molecule has 0 atom stereocenters. The highest BCUT2D eigenvalue weighted by molar-refractivity contribution is 5.76. The van der Waals surface area contributed by atoms with Crippen molar-refractivity contribution in [3.8, 4) is 11.3 Å². The van der Waals surface area contributed by atoms with E-state index in [0.717, 1.165) is 25.9 Å². The van der Waals surface area contributed by atoms with Crippen LogP contribution in [0.3, 0.4) is 0 Å². The summed E-state index contributed by atoms with van der Waals surface area (Å²) in [7, 11) is 0. The number of rotatable bonds is 5.